The summed E-state index contributed by atoms with van der Waals surface area (Å²) in [4.78, 5) is 0. The molecule has 0 amide bonds. The topological polar surface area (TPSA) is 73.9 Å². The van der Waals surface area contributed by atoms with Crippen LogP contribution in [0.3, 0.4) is 0 Å². The van der Waals surface area contributed by atoms with E-state index in [1.807, 2.05) is 0 Å². The predicted octanol–water partition coefficient (Wildman–Crippen LogP) is 2.39. The van der Waals surface area contributed by atoms with E-state index >= 15 is 0 Å². The van der Waals surface area contributed by atoms with E-state index < -0.39 is 11.9 Å². The second-order valence-corrected chi connectivity index (χ2v) is 4.44. The maximum absolute atomic E-state index is 12.9. The molecular formula is C13H16BF3N4. The third-order valence-electron chi connectivity index (χ3n) is 2.52. The zero-order valence-corrected chi connectivity index (χ0v) is 11.7. The SMILES string of the molecule is B/C(C=N)=C(/Nc1ccc(N/C=C(/C)N)cc1)C(F)(F)F. The van der Waals surface area contributed by atoms with Crippen molar-refractivity contribution in [3.63, 3.8) is 0 Å². The molecular weight excluding hydrogens is 280 g/mol. The van der Waals surface area contributed by atoms with Gasteiger partial charge in [-0.3, -0.25) is 0 Å². The third kappa shape index (κ3) is 5.25. The van der Waals surface area contributed by atoms with Crippen LogP contribution < -0.4 is 16.4 Å². The third-order valence-corrected chi connectivity index (χ3v) is 2.52. The highest BCUT2D eigenvalue weighted by Crippen LogP contribution is 2.28. The lowest BCUT2D eigenvalue weighted by Crippen LogP contribution is -2.22. The van der Waals surface area contributed by atoms with Gasteiger partial charge in [-0.05, 0) is 36.7 Å². The number of anilines is 2. The van der Waals surface area contributed by atoms with Gasteiger partial charge in [0.15, 0.2) is 0 Å². The first kappa shape index (κ1) is 16.7. The van der Waals surface area contributed by atoms with Crippen molar-refractivity contribution in [2.75, 3.05) is 10.6 Å². The molecule has 0 unspecified atom stereocenters. The van der Waals surface area contributed by atoms with E-state index in [-0.39, 0.29) is 11.2 Å². The molecule has 0 aliphatic carbocycles. The second kappa shape index (κ2) is 6.87. The molecule has 1 rings (SSSR count). The summed E-state index contributed by atoms with van der Waals surface area (Å²) in [6, 6.07) is 6.25. The predicted molar refractivity (Wildman–Crippen MR) is 82.0 cm³/mol. The standard InChI is InChI=1S/C13H16BF3N4/c1-8(19)7-20-9-2-4-10(5-3-9)21-12(11(14)6-18)13(15,16)17/h2-7,18,20-21H,14,19H2,1H3/b8-7-,12-11+,18-6?. The second-order valence-electron chi connectivity index (χ2n) is 4.44. The fourth-order valence-electron chi connectivity index (χ4n) is 1.46. The smallest absolute Gasteiger partial charge is 0.401 e. The fraction of sp³-hybridized carbons (Fsp3) is 0.154. The van der Waals surface area contributed by atoms with E-state index in [1.54, 1.807) is 25.3 Å². The van der Waals surface area contributed by atoms with Crippen molar-refractivity contribution in [3.8, 4) is 0 Å². The molecule has 0 heterocycles. The van der Waals surface area contributed by atoms with Crippen LogP contribution in [0.2, 0.25) is 0 Å². The number of nitrogens with one attached hydrogen (secondary N) is 3. The number of benzene rings is 1. The highest BCUT2D eigenvalue weighted by Gasteiger charge is 2.35. The number of nitrogens with two attached hydrogens (primary N) is 1. The minimum atomic E-state index is -4.54. The number of hydrogen-bond acceptors (Lipinski definition) is 4. The van der Waals surface area contributed by atoms with Crippen molar-refractivity contribution in [1.29, 1.82) is 5.41 Å². The molecule has 0 aromatic heterocycles. The van der Waals surface area contributed by atoms with Crippen LogP contribution in [0, 0.1) is 5.41 Å². The van der Waals surface area contributed by atoms with Crippen molar-refractivity contribution >= 4 is 25.4 Å². The van der Waals surface area contributed by atoms with Crippen LogP contribution in [0.25, 0.3) is 0 Å². The maximum atomic E-state index is 12.9. The average molecular weight is 296 g/mol. The van der Waals surface area contributed by atoms with Crippen molar-refractivity contribution in [2.24, 2.45) is 5.73 Å². The normalized spacial score (nSPS) is 13.4. The molecule has 0 bridgehead atoms. The summed E-state index contributed by atoms with van der Waals surface area (Å²) in [5.41, 5.74) is 5.89. The van der Waals surface area contributed by atoms with Gasteiger partial charge >= 0.3 is 6.18 Å². The van der Waals surface area contributed by atoms with E-state index in [9.17, 15) is 13.2 Å². The van der Waals surface area contributed by atoms with Gasteiger partial charge in [-0.15, -0.1) is 0 Å². The molecule has 0 saturated heterocycles. The molecule has 5 N–H and O–H groups in total. The van der Waals surface area contributed by atoms with Crippen LogP contribution in [-0.2, 0) is 0 Å². The fourth-order valence-corrected chi connectivity index (χ4v) is 1.46. The van der Waals surface area contributed by atoms with Gasteiger partial charge < -0.3 is 21.8 Å². The summed E-state index contributed by atoms with van der Waals surface area (Å²) >= 11 is 0. The van der Waals surface area contributed by atoms with Gasteiger partial charge in [0.05, 0.1) is 0 Å². The number of allylic oxidation sites excluding steroid dienone is 3. The summed E-state index contributed by atoms with van der Waals surface area (Å²) in [5.74, 6) is 0. The first-order valence-electron chi connectivity index (χ1n) is 6.08. The Labute approximate surface area is 121 Å². The molecule has 0 aliphatic heterocycles. The van der Waals surface area contributed by atoms with E-state index in [0.717, 1.165) is 0 Å². The molecule has 0 aliphatic rings. The number of halogens is 3. The Morgan fingerprint density at radius 3 is 2.19 bits per heavy atom. The molecule has 0 atom stereocenters. The Bertz CT molecular complexity index is 558. The lowest BCUT2D eigenvalue weighted by molar-refractivity contribution is -0.0903. The molecule has 0 fully saturated rings. The summed E-state index contributed by atoms with van der Waals surface area (Å²) < 4.78 is 38.6. The van der Waals surface area contributed by atoms with E-state index in [0.29, 0.717) is 17.6 Å². The first-order chi connectivity index (χ1) is 9.74. The Balaban J connectivity index is 2.92. The van der Waals surface area contributed by atoms with E-state index in [1.165, 1.54) is 20.0 Å². The van der Waals surface area contributed by atoms with Gasteiger partial charge in [0, 0.05) is 29.5 Å². The van der Waals surface area contributed by atoms with Gasteiger partial charge in [-0.2, -0.15) is 13.2 Å². The van der Waals surface area contributed by atoms with Crippen LogP contribution in [0.1, 0.15) is 6.92 Å². The summed E-state index contributed by atoms with van der Waals surface area (Å²) in [6.07, 6.45) is -2.29. The molecule has 112 valence electrons. The molecule has 0 radical (unpaired) electrons. The number of alkyl halides is 3. The van der Waals surface area contributed by atoms with Crippen molar-refractivity contribution in [1.82, 2.24) is 0 Å². The molecule has 8 heteroatoms. The Hall–Kier alpha value is -2.38. The van der Waals surface area contributed by atoms with Gasteiger partial charge in [0.25, 0.3) is 0 Å². The quantitative estimate of drug-likeness (QED) is 0.498. The molecule has 21 heavy (non-hydrogen) atoms. The minimum absolute atomic E-state index is 0.189. The largest absolute Gasteiger partial charge is 0.430 e. The van der Waals surface area contributed by atoms with E-state index in [4.69, 9.17) is 11.1 Å². The van der Waals surface area contributed by atoms with Crippen molar-refractivity contribution < 1.29 is 13.2 Å². The van der Waals surface area contributed by atoms with Crippen molar-refractivity contribution in [3.05, 3.63) is 47.3 Å². The van der Waals surface area contributed by atoms with Gasteiger partial charge in [-0.1, -0.05) is 0 Å². The lowest BCUT2D eigenvalue weighted by Gasteiger charge is -2.16. The Kier molecular flexibility index (Phi) is 5.46. The lowest BCUT2D eigenvalue weighted by atomic mass is 9.94. The number of hydrogen-bond donors (Lipinski definition) is 4. The summed E-state index contributed by atoms with van der Waals surface area (Å²) in [5, 5.41) is 12.2. The first-order valence-corrected chi connectivity index (χ1v) is 6.08. The van der Waals surface area contributed by atoms with Gasteiger partial charge in [-0.25, -0.2) is 0 Å². The van der Waals surface area contributed by atoms with Crippen LogP contribution in [0.5, 0.6) is 0 Å². The van der Waals surface area contributed by atoms with E-state index in [2.05, 4.69) is 10.6 Å². The molecule has 1 aromatic rings. The van der Waals surface area contributed by atoms with Crippen LogP contribution >= 0.6 is 0 Å². The minimum Gasteiger partial charge on any atom is -0.401 e. The maximum Gasteiger partial charge on any atom is 0.430 e. The monoisotopic (exact) mass is 296 g/mol. The van der Waals surface area contributed by atoms with Crippen LogP contribution in [0.4, 0.5) is 24.5 Å². The van der Waals surface area contributed by atoms with Crippen LogP contribution in [0.15, 0.2) is 47.3 Å². The van der Waals surface area contributed by atoms with Gasteiger partial charge in [0.2, 0.25) is 0 Å². The Morgan fingerprint density at radius 1 is 1.24 bits per heavy atom. The number of rotatable bonds is 5. The summed E-state index contributed by atoms with van der Waals surface area (Å²) in [7, 11) is 1.23. The highest BCUT2D eigenvalue weighted by molar-refractivity contribution is 6.33. The average Bonchev–Trinajstić information content (AvgIpc) is 2.41. The van der Waals surface area contributed by atoms with Crippen molar-refractivity contribution in [2.45, 2.75) is 13.1 Å². The van der Waals surface area contributed by atoms with Gasteiger partial charge in [0.1, 0.15) is 13.5 Å². The molecule has 0 spiro atoms. The molecule has 4 nitrogen and oxygen atoms in total. The molecule has 1 aromatic carbocycles. The Morgan fingerprint density at radius 2 is 1.76 bits per heavy atom. The molecule has 0 saturated carbocycles. The zero-order chi connectivity index (χ0) is 16.0. The summed E-state index contributed by atoms with van der Waals surface area (Å²) in [6.45, 7) is 1.71. The van der Waals surface area contributed by atoms with Crippen LogP contribution in [-0.4, -0.2) is 20.2 Å². The zero-order valence-electron chi connectivity index (χ0n) is 11.7. The highest BCUT2D eigenvalue weighted by atomic mass is 19.4.